The van der Waals surface area contributed by atoms with E-state index >= 15 is 0 Å². The first-order chi connectivity index (χ1) is 9.56. The molecule has 1 aromatic heterocycles. The first-order valence-electron chi connectivity index (χ1n) is 5.72. The molecule has 1 aromatic carbocycles. The third-order valence-electron chi connectivity index (χ3n) is 2.33. The van der Waals surface area contributed by atoms with Gasteiger partial charge in [-0.3, -0.25) is 4.79 Å². The van der Waals surface area contributed by atoms with E-state index in [0.717, 1.165) is 5.69 Å². The van der Waals surface area contributed by atoms with Gasteiger partial charge in [-0.15, -0.1) is 0 Å². The minimum Gasteiger partial charge on any atom is -0.453 e. The summed E-state index contributed by atoms with van der Waals surface area (Å²) in [5, 5.41) is 2.29. The predicted molar refractivity (Wildman–Crippen MR) is 72.3 cm³/mol. The zero-order chi connectivity index (χ0) is 14.5. The maximum absolute atomic E-state index is 13.6. The molecule has 7 heteroatoms. The molecule has 1 amide bonds. The second-order valence-corrected chi connectivity index (χ2v) is 4.33. The summed E-state index contributed by atoms with van der Waals surface area (Å²) in [6.07, 6.45) is 1.52. The number of anilines is 1. The molecule has 1 heterocycles. The van der Waals surface area contributed by atoms with Crippen LogP contribution < -0.4 is 10.1 Å². The average Bonchev–Trinajstić information content (AvgIpc) is 2.42. The Labute approximate surface area is 119 Å². The standard InChI is InChI=1S/C13H11ClFN3O2/c1-8-5-6-16-13(17-8)20-7-11(19)18-10-4-2-3-9(14)12(10)15/h2-6H,7H2,1H3,(H,18,19). The number of hydrogen-bond donors (Lipinski definition) is 1. The number of hydrogen-bond acceptors (Lipinski definition) is 4. The third-order valence-corrected chi connectivity index (χ3v) is 2.62. The van der Waals surface area contributed by atoms with Crippen molar-refractivity contribution in [2.45, 2.75) is 6.92 Å². The summed E-state index contributed by atoms with van der Waals surface area (Å²) in [6, 6.07) is 6.12. The molecule has 0 aliphatic heterocycles. The van der Waals surface area contributed by atoms with Crippen molar-refractivity contribution in [2.75, 3.05) is 11.9 Å². The topological polar surface area (TPSA) is 64.1 Å². The van der Waals surface area contributed by atoms with Crippen LogP contribution in [0.4, 0.5) is 10.1 Å². The van der Waals surface area contributed by atoms with Crippen molar-refractivity contribution in [3.05, 3.63) is 47.0 Å². The quantitative estimate of drug-likeness (QED) is 0.941. The first kappa shape index (κ1) is 14.2. The smallest absolute Gasteiger partial charge is 0.317 e. The highest BCUT2D eigenvalue weighted by molar-refractivity contribution is 6.31. The normalized spacial score (nSPS) is 10.2. The fraction of sp³-hybridized carbons (Fsp3) is 0.154. The summed E-state index contributed by atoms with van der Waals surface area (Å²) in [7, 11) is 0. The number of rotatable bonds is 4. The summed E-state index contributed by atoms with van der Waals surface area (Å²) in [4.78, 5) is 19.4. The Morgan fingerprint density at radius 2 is 2.25 bits per heavy atom. The molecule has 0 fully saturated rings. The maximum atomic E-state index is 13.6. The Balaban J connectivity index is 1.94. The maximum Gasteiger partial charge on any atom is 0.317 e. The molecular formula is C13H11ClFN3O2. The molecule has 104 valence electrons. The van der Waals surface area contributed by atoms with E-state index in [1.54, 1.807) is 13.0 Å². The van der Waals surface area contributed by atoms with E-state index in [0.29, 0.717) is 0 Å². The van der Waals surface area contributed by atoms with Gasteiger partial charge in [-0.05, 0) is 25.1 Å². The Kier molecular flexibility index (Phi) is 4.47. The Bertz CT molecular complexity index is 637. The molecule has 1 N–H and O–H groups in total. The third kappa shape index (κ3) is 3.64. The van der Waals surface area contributed by atoms with Crippen LogP contribution in [0.5, 0.6) is 6.01 Å². The molecule has 0 atom stereocenters. The number of nitrogens with one attached hydrogen (secondary N) is 1. The summed E-state index contributed by atoms with van der Waals surface area (Å²) < 4.78 is 18.7. The highest BCUT2D eigenvalue weighted by Gasteiger charge is 2.10. The molecule has 0 bridgehead atoms. The van der Waals surface area contributed by atoms with Crippen LogP contribution in [-0.2, 0) is 4.79 Å². The van der Waals surface area contributed by atoms with E-state index in [-0.39, 0.29) is 23.3 Å². The van der Waals surface area contributed by atoms with Gasteiger partial charge in [0.2, 0.25) is 0 Å². The van der Waals surface area contributed by atoms with Crippen molar-refractivity contribution in [1.29, 1.82) is 0 Å². The second-order valence-electron chi connectivity index (χ2n) is 3.92. The summed E-state index contributed by atoms with van der Waals surface area (Å²) in [6.45, 7) is 1.45. The number of aryl methyl sites for hydroxylation is 1. The first-order valence-corrected chi connectivity index (χ1v) is 6.10. The number of amides is 1. The van der Waals surface area contributed by atoms with Gasteiger partial charge < -0.3 is 10.1 Å². The van der Waals surface area contributed by atoms with Gasteiger partial charge in [-0.1, -0.05) is 17.7 Å². The molecule has 0 saturated heterocycles. The molecule has 20 heavy (non-hydrogen) atoms. The molecule has 2 aromatic rings. The molecule has 0 aliphatic rings. The highest BCUT2D eigenvalue weighted by Crippen LogP contribution is 2.21. The molecule has 0 unspecified atom stereocenters. The van der Waals surface area contributed by atoms with Crippen molar-refractivity contribution >= 4 is 23.2 Å². The average molecular weight is 296 g/mol. The van der Waals surface area contributed by atoms with Crippen LogP contribution in [0, 0.1) is 12.7 Å². The van der Waals surface area contributed by atoms with E-state index in [1.807, 2.05) is 0 Å². The van der Waals surface area contributed by atoms with Gasteiger partial charge in [0.15, 0.2) is 12.4 Å². The number of carbonyl (C=O) groups excluding carboxylic acids is 1. The van der Waals surface area contributed by atoms with Crippen LogP contribution >= 0.6 is 11.6 Å². The van der Waals surface area contributed by atoms with Gasteiger partial charge in [-0.25, -0.2) is 14.4 Å². The SMILES string of the molecule is Cc1ccnc(OCC(=O)Nc2cccc(Cl)c2F)n1. The van der Waals surface area contributed by atoms with Crippen molar-refractivity contribution in [3.63, 3.8) is 0 Å². The van der Waals surface area contributed by atoms with Crippen LogP contribution in [0.2, 0.25) is 5.02 Å². The molecule has 0 spiro atoms. The monoisotopic (exact) mass is 295 g/mol. The van der Waals surface area contributed by atoms with E-state index in [2.05, 4.69) is 15.3 Å². The Morgan fingerprint density at radius 1 is 1.45 bits per heavy atom. The summed E-state index contributed by atoms with van der Waals surface area (Å²) in [5.74, 6) is -1.22. The molecule has 2 rings (SSSR count). The van der Waals surface area contributed by atoms with Gasteiger partial charge in [0.1, 0.15) is 0 Å². The second kappa shape index (κ2) is 6.29. The summed E-state index contributed by atoms with van der Waals surface area (Å²) >= 11 is 5.61. The number of nitrogens with zero attached hydrogens (tertiary/aromatic N) is 2. The highest BCUT2D eigenvalue weighted by atomic mass is 35.5. The van der Waals surface area contributed by atoms with E-state index in [4.69, 9.17) is 16.3 Å². The van der Waals surface area contributed by atoms with Gasteiger partial charge in [-0.2, -0.15) is 0 Å². The van der Waals surface area contributed by atoms with Crippen molar-refractivity contribution < 1.29 is 13.9 Å². The predicted octanol–water partition coefficient (Wildman–Crippen LogP) is 2.60. The number of halogens is 2. The zero-order valence-electron chi connectivity index (χ0n) is 10.6. The van der Waals surface area contributed by atoms with Crippen LogP contribution in [-0.4, -0.2) is 22.5 Å². The van der Waals surface area contributed by atoms with Crippen LogP contribution in [0.1, 0.15) is 5.69 Å². The van der Waals surface area contributed by atoms with Crippen molar-refractivity contribution in [3.8, 4) is 6.01 Å². The lowest BCUT2D eigenvalue weighted by molar-refractivity contribution is -0.118. The van der Waals surface area contributed by atoms with Crippen LogP contribution in [0.3, 0.4) is 0 Å². The fourth-order valence-corrected chi connectivity index (χ4v) is 1.59. The number of carbonyl (C=O) groups is 1. The lowest BCUT2D eigenvalue weighted by Crippen LogP contribution is -2.21. The molecule has 5 nitrogen and oxygen atoms in total. The van der Waals surface area contributed by atoms with Gasteiger partial charge >= 0.3 is 6.01 Å². The van der Waals surface area contributed by atoms with Crippen LogP contribution in [0.15, 0.2) is 30.5 Å². The Morgan fingerprint density at radius 3 is 3.00 bits per heavy atom. The van der Waals surface area contributed by atoms with Gasteiger partial charge in [0.25, 0.3) is 5.91 Å². The Hall–Kier alpha value is -2.21. The lowest BCUT2D eigenvalue weighted by Gasteiger charge is -2.08. The van der Waals surface area contributed by atoms with Crippen molar-refractivity contribution in [1.82, 2.24) is 9.97 Å². The molecular weight excluding hydrogens is 285 g/mol. The van der Waals surface area contributed by atoms with Crippen LogP contribution in [0.25, 0.3) is 0 Å². The lowest BCUT2D eigenvalue weighted by atomic mass is 10.3. The molecule has 0 radical (unpaired) electrons. The summed E-state index contributed by atoms with van der Waals surface area (Å²) in [5.41, 5.74) is 0.715. The number of benzene rings is 1. The number of aromatic nitrogens is 2. The molecule has 0 aliphatic carbocycles. The number of ether oxygens (including phenoxy) is 1. The van der Waals surface area contributed by atoms with E-state index in [1.165, 1.54) is 24.4 Å². The zero-order valence-corrected chi connectivity index (χ0v) is 11.3. The largest absolute Gasteiger partial charge is 0.453 e. The van der Waals surface area contributed by atoms with Crippen molar-refractivity contribution in [2.24, 2.45) is 0 Å². The van der Waals surface area contributed by atoms with Gasteiger partial charge in [0, 0.05) is 11.9 Å². The van der Waals surface area contributed by atoms with E-state index < -0.39 is 11.7 Å². The van der Waals surface area contributed by atoms with E-state index in [9.17, 15) is 9.18 Å². The fourth-order valence-electron chi connectivity index (χ4n) is 1.41. The van der Waals surface area contributed by atoms with Gasteiger partial charge in [0.05, 0.1) is 10.7 Å². The minimum absolute atomic E-state index is 0.00346. The molecule has 0 saturated carbocycles. The minimum atomic E-state index is -0.686.